The van der Waals surface area contributed by atoms with Crippen LogP contribution in [0.1, 0.15) is 28.7 Å². The van der Waals surface area contributed by atoms with Gasteiger partial charge in [-0.1, -0.05) is 0 Å². The molecule has 0 fully saturated rings. The van der Waals surface area contributed by atoms with Gasteiger partial charge in [-0.2, -0.15) is 0 Å². The molecule has 118 valence electrons. The maximum absolute atomic E-state index is 12.2. The average molecular weight is 311 g/mol. The van der Waals surface area contributed by atoms with Crippen molar-refractivity contribution in [3.63, 3.8) is 0 Å². The summed E-state index contributed by atoms with van der Waals surface area (Å²) in [5.74, 6) is 0.356. The molecule has 0 unspecified atom stereocenters. The maximum Gasteiger partial charge on any atom is 0.341 e. The largest absolute Gasteiger partial charge is 0.467 e. The Labute approximate surface area is 133 Å². The number of carbonyl (C=O) groups is 1. The van der Waals surface area contributed by atoms with Gasteiger partial charge in [0.05, 0.1) is 25.1 Å². The molecule has 0 amide bonds. The molecule has 0 aliphatic carbocycles. The summed E-state index contributed by atoms with van der Waals surface area (Å²) >= 11 is 0. The van der Waals surface area contributed by atoms with E-state index in [1.165, 1.54) is 6.20 Å². The lowest BCUT2D eigenvalue weighted by molar-refractivity contribution is 0.0527. The second-order valence-electron chi connectivity index (χ2n) is 5.02. The van der Waals surface area contributed by atoms with Gasteiger partial charge in [0.1, 0.15) is 11.3 Å². The zero-order chi connectivity index (χ0) is 16.2. The quantitative estimate of drug-likeness (QED) is 0.728. The Morgan fingerprint density at radius 2 is 2.22 bits per heavy atom. The molecule has 23 heavy (non-hydrogen) atoms. The highest BCUT2D eigenvalue weighted by atomic mass is 16.5. The number of nitrogens with zero attached hydrogens (tertiary/aromatic N) is 2. The van der Waals surface area contributed by atoms with E-state index in [-0.39, 0.29) is 0 Å². The van der Waals surface area contributed by atoms with Gasteiger partial charge in [-0.15, -0.1) is 0 Å². The van der Waals surface area contributed by atoms with E-state index in [1.807, 2.05) is 31.2 Å². The van der Waals surface area contributed by atoms with Gasteiger partial charge in [-0.3, -0.25) is 0 Å². The first-order valence-corrected chi connectivity index (χ1v) is 7.38. The van der Waals surface area contributed by atoms with Crippen molar-refractivity contribution in [3.05, 3.63) is 53.7 Å². The van der Waals surface area contributed by atoms with Crippen molar-refractivity contribution in [2.75, 3.05) is 11.9 Å². The van der Waals surface area contributed by atoms with Gasteiger partial charge in [0.25, 0.3) is 0 Å². The smallest absolute Gasteiger partial charge is 0.341 e. The number of pyridine rings is 2. The van der Waals surface area contributed by atoms with Gasteiger partial charge in [-0.25, -0.2) is 14.8 Å². The third kappa shape index (κ3) is 3.15. The fourth-order valence-electron chi connectivity index (χ4n) is 2.31. The first-order chi connectivity index (χ1) is 11.2. The number of rotatable bonds is 5. The summed E-state index contributed by atoms with van der Waals surface area (Å²) in [4.78, 5) is 20.9. The molecular weight excluding hydrogens is 294 g/mol. The van der Waals surface area contributed by atoms with E-state index in [2.05, 4.69) is 15.3 Å². The predicted molar refractivity (Wildman–Crippen MR) is 86.3 cm³/mol. The number of fused-ring (bicyclic) bond motifs is 1. The van der Waals surface area contributed by atoms with E-state index in [9.17, 15) is 4.79 Å². The zero-order valence-electron chi connectivity index (χ0n) is 13.0. The standard InChI is InChI=1S/C17H17N3O3/c1-3-22-17(21)14-10-19-16-13(7-6-11(2)20-16)15(14)18-9-12-5-4-8-23-12/h4-8,10H,3,9H2,1-2H3,(H,18,19,20). The number of anilines is 1. The van der Waals surface area contributed by atoms with Crippen LogP contribution in [0.15, 0.2) is 41.1 Å². The first-order valence-electron chi connectivity index (χ1n) is 7.38. The summed E-state index contributed by atoms with van der Waals surface area (Å²) < 4.78 is 10.4. The SMILES string of the molecule is CCOC(=O)c1cnc2nc(C)ccc2c1NCc1ccco1. The number of aromatic nitrogens is 2. The van der Waals surface area contributed by atoms with Gasteiger partial charge < -0.3 is 14.5 Å². The van der Waals surface area contributed by atoms with Crippen LogP contribution in [0.3, 0.4) is 0 Å². The number of furan rings is 1. The molecule has 6 heteroatoms. The number of hydrogen-bond donors (Lipinski definition) is 1. The highest BCUT2D eigenvalue weighted by Gasteiger charge is 2.17. The minimum Gasteiger partial charge on any atom is -0.467 e. The van der Waals surface area contributed by atoms with Crippen molar-refractivity contribution in [3.8, 4) is 0 Å². The highest BCUT2D eigenvalue weighted by Crippen LogP contribution is 2.26. The van der Waals surface area contributed by atoms with E-state index in [0.717, 1.165) is 16.8 Å². The number of carbonyl (C=O) groups excluding carboxylic acids is 1. The molecule has 0 bridgehead atoms. The maximum atomic E-state index is 12.2. The fraction of sp³-hybridized carbons (Fsp3) is 0.235. The van der Waals surface area contributed by atoms with Crippen molar-refractivity contribution in [1.82, 2.24) is 9.97 Å². The van der Waals surface area contributed by atoms with Gasteiger partial charge in [0.15, 0.2) is 5.65 Å². The third-order valence-corrected chi connectivity index (χ3v) is 3.38. The number of hydrogen-bond acceptors (Lipinski definition) is 6. The third-order valence-electron chi connectivity index (χ3n) is 3.38. The van der Waals surface area contributed by atoms with Crippen molar-refractivity contribution in [2.24, 2.45) is 0 Å². The molecule has 0 radical (unpaired) electrons. The summed E-state index contributed by atoms with van der Waals surface area (Å²) in [5.41, 5.74) is 2.49. The highest BCUT2D eigenvalue weighted by molar-refractivity contribution is 6.04. The van der Waals surface area contributed by atoms with Crippen molar-refractivity contribution in [1.29, 1.82) is 0 Å². The van der Waals surface area contributed by atoms with E-state index in [4.69, 9.17) is 9.15 Å². The Hall–Kier alpha value is -2.89. The molecule has 0 aliphatic rings. The van der Waals surface area contributed by atoms with Gasteiger partial charge in [0.2, 0.25) is 0 Å². The van der Waals surface area contributed by atoms with Crippen molar-refractivity contribution < 1.29 is 13.9 Å². The number of aryl methyl sites for hydroxylation is 1. The molecule has 3 rings (SSSR count). The average Bonchev–Trinajstić information content (AvgIpc) is 3.05. The first kappa shape index (κ1) is 15.0. The van der Waals surface area contributed by atoms with Crippen molar-refractivity contribution in [2.45, 2.75) is 20.4 Å². The van der Waals surface area contributed by atoms with Crippen LogP contribution >= 0.6 is 0 Å². The lowest BCUT2D eigenvalue weighted by Crippen LogP contribution is -2.11. The van der Waals surface area contributed by atoms with Gasteiger partial charge >= 0.3 is 5.97 Å². The topological polar surface area (TPSA) is 77.2 Å². The van der Waals surface area contributed by atoms with E-state index < -0.39 is 5.97 Å². The minimum atomic E-state index is -0.413. The lowest BCUT2D eigenvalue weighted by Gasteiger charge is -2.13. The monoisotopic (exact) mass is 311 g/mol. The van der Waals surface area contributed by atoms with Crippen LogP contribution < -0.4 is 5.32 Å². The number of ether oxygens (including phenoxy) is 1. The summed E-state index contributed by atoms with van der Waals surface area (Å²) in [6.45, 7) is 4.43. The number of nitrogens with one attached hydrogen (secondary N) is 1. The van der Waals surface area contributed by atoms with Crippen LogP contribution in [0, 0.1) is 6.92 Å². The second kappa shape index (κ2) is 6.48. The molecule has 0 spiro atoms. The van der Waals surface area contributed by atoms with Crippen LogP contribution in [0.25, 0.3) is 11.0 Å². The molecule has 6 nitrogen and oxygen atoms in total. The summed E-state index contributed by atoms with van der Waals surface area (Å²) in [5, 5.41) is 4.01. The summed E-state index contributed by atoms with van der Waals surface area (Å²) in [6.07, 6.45) is 3.11. The van der Waals surface area contributed by atoms with Gasteiger partial charge in [-0.05, 0) is 38.1 Å². The van der Waals surface area contributed by atoms with Gasteiger partial charge in [0, 0.05) is 17.3 Å². The van der Waals surface area contributed by atoms with Crippen LogP contribution in [0.2, 0.25) is 0 Å². The van der Waals surface area contributed by atoms with Crippen LogP contribution in [-0.4, -0.2) is 22.5 Å². The summed E-state index contributed by atoms with van der Waals surface area (Å²) in [6, 6.07) is 7.47. The fourth-order valence-corrected chi connectivity index (χ4v) is 2.31. The molecule has 3 aromatic heterocycles. The number of esters is 1. The molecule has 0 atom stereocenters. The molecule has 3 aromatic rings. The van der Waals surface area contributed by atoms with Crippen LogP contribution in [-0.2, 0) is 11.3 Å². The Bertz CT molecular complexity index is 828. The predicted octanol–water partition coefficient (Wildman–Crippen LogP) is 3.32. The van der Waals surface area contributed by atoms with E-state index >= 15 is 0 Å². The normalized spacial score (nSPS) is 10.7. The molecule has 0 saturated heterocycles. The van der Waals surface area contributed by atoms with E-state index in [0.29, 0.717) is 30.0 Å². The van der Waals surface area contributed by atoms with Crippen LogP contribution in [0.5, 0.6) is 0 Å². The van der Waals surface area contributed by atoms with Crippen molar-refractivity contribution >= 4 is 22.7 Å². The Balaban J connectivity index is 2.04. The summed E-state index contributed by atoms with van der Waals surface area (Å²) in [7, 11) is 0. The molecule has 1 N–H and O–H groups in total. The van der Waals surface area contributed by atoms with Crippen LogP contribution in [0.4, 0.5) is 5.69 Å². The molecule has 0 aliphatic heterocycles. The second-order valence-corrected chi connectivity index (χ2v) is 5.02. The Kier molecular flexibility index (Phi) is 4.23. The van der Waals surface area contributed by atoms with E-state index in [1.54, 1.807) is 13.2 Å². The lowest BCUT2D eigenvalue weighted by atomic mass is 10.1. The molecule has 0 saturated carbocycles. The molecule has 0 aromatic carbocycles. The Morgan fingerprint density at radius 1 is 1.35 bits per heavy atom. The zero-order valence-corrected chi connectivity index (χ0v) is 13.0. The molecular formula is C17H17N3O3. The Morgan fingerprint density at radius 3 is 2.96 bits per heavy atom. The minimum absolute atomic E-state index is 0.306. The molecule has 3 heterocycles.